The third-order valence-corrected chi connectivity index (χ3v) is 2.13. The summed E-state index contributed by atoms with van der Waals surface area (Å²) in [6.45, 7) is -0.00507. The number of rotatable bonds is 4. The van der Waals surface area contributed by atoms with Crippen molar-refractivity contribution in [2.75, 3.05) is 6.54 Å². The van der Waals surface area contributed by atoms with Crippen LogP contribution < -0.4 is 5.32 Å². The topological polar surface area (TPSA) is 46.2 Å². The van der Waals surface area contributed by atoms with Crippen LogP contribution in [0.5, 0.6) is 0 Å². The lowest BCUT2D eigenvalue weighted by atomic mass is 10.1. The second-order valence-electron chi connectivity index (χ2n) is 2.69. The van der Waals surface area contributed by atoms with Gasteiger partial charge in [-0.1, -0.05) is 30.3 Å². The summed E-state index contributed by atoms with van der Waals surface area (Å²) in [5.41, 5.74) is 0.720. The monoisotopic (exact) mass is 211 g/mol. The fourth-order valence-electron chi connectivity index (χ4n) is 1.01. The van der Waals surface area contributed by atoms with Gasteiger partial charge >= 0.3 is 0 Å². The molecule has 0 spiro atoms. The Balaban J connectivity index is 2.61. The molecule has 4 heteroatoms. The first-order valence-electron chi connectivity index (χ1n) is 4.16. The van der Waals surface area contributed by atoms with Gasteiger partial charge in [0.05, 0.1) is 6.54 Å². The molecule has 1 aromatic rings. The summed E-state index contributed by atoms with van der Waals surface area (Å²) in [6.07, 6.45) is 0.618. The van der Waals surface area contributed by atoms with Gasteiger partial charge in [-0.25, -0.2) is 0 Å². The highest BCUT2D eigenvalue weighted by atomic mass is 35.5. The number of alkyl halides is 1. The molecular formula is C10H10ClNO2. The molecule has 0 saturated carbocycles. The molecule has 0 heterocycles. The molecular weight excluding hydrogens is 202 g/mol. The standard InChI is InChI=1S/C10H10ClNO2/c11-9(10(14)12-6-7-13)8-4-2-1-3-5-8/h1-5,7,9H,6H2,(H,12,14). The minimum absolute atomic E-state index is 0.00507. The molecule has 0 aliphatic carbocycles. The first-order valence-corrected chi connectivity index (χ1v) is 4.59. The van der Waals surface area contributed by atoms with Gasteiger partial charge in [-0.05, 0) is 5.56 Å². The Morgan fingerprint density at radius 3 is 2.64 bits per heavy atom. The Morgan fingerprint density at radius 1 is 1.43 bits per heavy atom. The summed E-state index contributed by atoms with van der Waals surface area (Å²) in [4.78, 5) is 21.3. The molecule has 74 valence electrons. The van der Waals surface area contributed by atoms with Crippen LogP contribution >= 0.6 is 11.6 Å². The van der Waals surface area contributed by atoms with Crippen LogP contribution in [0.3, 0.4) is 0 Å². The largest absolute Gasteiger partial charge is 0.348 e. The number of aldehydes is 1. The van der Waals surface area contributed by atoms with Crippen molar-refractivity contribution in [2.24, 2.45) is 0 Å². The number of hydrogen-bond donors (Lipinski definition) is 1. The van der Waals surface area contributed by atoms with Gasteiger partial charge in [0.15, 0.2) is 0 Å². The summed E-state index contributed by atoms with van der Waals surface area (Å²) < 4.78 is 0. The molecule has 1 amide bonds. The van der Waals surface area contributed by atoms with Crippen molar-refractivity contribution in [1.82, 2.24) is 5.32 Å². The molecule has 1 atom stereocenters. The minimum atomic E-state index is -0.740. The van der Waals surface area contributed by atoms with Gasteiger partial charge in [-0.3, -0.25) is 4.79 Å². The van der Waals surface area contributed by atoms with E-state index < -0.39 is 5.38 Å². The van der Waals surface area contributed by atoms with Crippen molar-refractivity contribution >= 4 is 23.8 Å². The molecule has 3 nitrogen and oxygen atoms in total. The zero-order chi connectivity index (χ0) is 10.4. The second kappa shape index (κ2) is 5.40. The third-order valence-electron chi connectivity index (χ3n) is 1.68. The van der Waals surface area contributed by atoms with Crippen molar-refractivity contribution in [1.29, 1.82) is 0 Å². The highest BCUT2D eigenvalue weighted by Crippen LogP contribution is 2.19. The van der Waals surface area contributed by atoms with Crippen molar-refractivity contribution in [3.05, 3.63) is 35.9 Å². The Labute approximate surface area is 87.1 Å². The molecule has 0 bridgehead atoms. The average Bonchev–Trinajstić information content (AvgIpc) is 2.26. The van der Waals surface area contributed by atoms with Crippen molar-refractivity contribution in [3.63, 3.8) is 0 Å². The van der Waals surface area contributed by atoms with Gasteiger partial charge in [-0.2, -0.15) is 0 Å². The summed E-state index contributed by atoms with van der Waals surface area (Å²) in [6, 6.07) is 8.97. The summed E-state index contributed by atoms with van der Waals surface area (Å²) in [5, 5.41) is 1.65. The Kier molecular flexibility index (Phi) is 4.13. The molecule has 1 N–H and O–H groups in total. The van der Waals surface area contributed by atoms with Crippen LogP contribution in [0.25, 0.3) is 0 Å². The molecule has 0 aliphatic rings. The normalized spacial score (nSPS) is 11.8. The summed E-state index contributed by atoms with van der Waals surface area (Å²) in [5.74, 6) is -0.357. The quantitative estimate of drug-likeness (QED) is 0.603. The Morgan fingerprint density at radius 2 is 2.07 bits per heavy atom. The third kappa shape index (κ3) is 2.85. The van der Waals surface area contributed by atoms with Crippen LogP contribution in [0, 0.1) is 0 Å². The Hall–Kier alpha value is -1.35. The van der Waals surface area contributed by atoms with E-state index in [0.717, 1.165) is 5.56 Å². The SMILES string of the molecule is O=CCNC(=O)C(Cl)c1ccccc1. The lowest BCUT2D eigenvalue weighted by Crippen LogP contribution is -2.28. The molecule has 0 saturated heterocycles. The van der Waals surface area contributed by atoms with Crippen LogP contribution in [-0.4, -0.2) is 18.7 Å². The van der Waals surface area contributed by atoms with E-state index in [9.17, 15) is 9.59 Å². The van der Waals surface area contributed by atoms with E-state index in [4.69, 9.17) is 11.6 Å². The van der Waals surface area contributed by atoms with E-state index in [1.807, 2.05) is 6.07 Å². The maximum Gasteiger partial charge on any atom is 0.242 e. The molecule has 0 aliphatic heterocycles. The van der Waals surface area contributed by atoms with Gasteiger partial charge in [0.2, 0.25) is 5.91 Å². The fraction of sp³-hybridized carbons (Fsp3) is 0.200. The molecule has 0 fully saturated rings. The van der Waals surface area contributed by atoms with E-state index >= 15 is 0 Å². The maximum atomic E-state index is 11.3. The number of halogens is 1. The summed E-state index contributed by atoms with van der Waals surface area (Å²) >= 11 is 5.86. The van der Waals surface area contributed by atoms with Gasteiger partial charge < -0.3 is 10.1 Å². The van der Waals surface area contributed by atoms with Crippen LogP contribution in [0.4, 0.5) is 0 Å². The van der Waals surface area contributed by atoms with Gasteiger partial charge in [0.25, 0.3) is 0 Å². The van der Waals surface area contributed by atoms with Crippen molar-refractivity contribution < 1.29 is 9.59 Å². The van der Waals surface area contributed by atoms with Crippen molar-refractivity contribution in [2.45, 2.75) is 5.38 Å². The molecule has 0 radical (unpaired) electrons. The lowest BCUT2D eigenvalue weighted by molar-refractivity contribution is -0.122. The van der Waals surface area contributed by atoms with Gasteiger partial charge in [-0.15, -0.1) is 11.6 Å². The van der Waals surface area contributed by atoms with Crippen LogP contribution in [0.2, 0.25) is 0 Å². The van der Waals surface area contributed by atoms with Crippen LogP contribution in [-0.2, 0) is 9.59 Å². The Bertz CT molecular complexity index is 313. The van der Waals surface area contributed by atoms with Gasteiger partial charge in [0.1, 0.15) is 11.7 Å². The predicted molar refractivity (Wildman–Crippen MR) is 54.1 cm³/mol. The number of amides is 1. The maximum absolute atomic E-state index is 11.3. The minimum Gasteiger partial charge on any atom is -0.348 e. The van der Waals surface area contributed by atoms with E-state index in [1.165, 1.54) is 0 Å². The average molecular weight is 212 g/mol. The van der Waals surface area contributed by atoms with Crippen LogP contribution in [0.15, 0.2) is 30.3 Å². The first kappa shape index (κ1) is 10.7. The zero-order valence-corrected chi connectivity index (χ0v) is 8.20. The number of carbonyl (C=O) groups is 2. The molecule has 1 aromatic carbocycles. The molecule has 1 rings (SSSR count). The van der Waals surface area contributed by atoms with E-state index in [2.05, 4.69) is 5.32 Å². The number of benzene rings is 1. The van der Waals surface area contributed by atoms with Crippen molar-refractivity contribution in [3.8, 4) is 0 Å². The van der Waals surface area contributed by atoms with Crippen LogP contribution in [0.1, 0.15) is 10.9 Å². The van der Waals surface area contributed by atoms with Gasteiger partial charge in [0, 0.05) is 0 Å². The zero-order valence-electron chi connectivity index (χ0n) is 7.44. The summed E-state index contributed by atoms with van der Waals surface area (Å²) in [7, 11) is 0. The second-order valence-corrected chi connectivity index (χ2v) is 3.12. The highest BCUT2D eigenvalue weighted by molar-refractivity contribution is 6.30. The number of nitrogens with one attached hydrogen (secondary N) is 1. The predicted octanol–water partition coefficient (Wildman–Crippen LogP) is 1.28. The number of hydrogen-bond acceptors (Lipinski definition) is 2. The fourth-order valence-corrected chi connectivity index (χ4v) is 1.23. The van der Waals surface area contributed by atoms with E-state index in [-0.39, 0.29) is 12.5 Å². The smallest absolute Gasteiger partial charge is 0.242 e. The lowest BCUT2D eigenvalue weighted by Gasteiger charge is -2.08. The first-order chi connectivity index (χ1) is 6.75. The molecule has 0 aromatic heterocycles. The highest BCUT2D eigenvalue weighted by Gasteiger charge is 2.15. The van der Waals surface area contributed by atoms with E-state index in [0.29, 0.717) is 6.29 Å². The number of carbonyl (C=O) groups excluding carboxylic acids is 2. The van der Waals surface area contributed by atoms with E-state index in [1.54, 1.807) is 24.3 Å². The molecule has 1 unspecified atom stereocenters. The molecule has 14 heavy (non-hydrogen) atoms.